The Morgan fingerprint density at radius 2 is 1.73 bits per heavy atom. The summed E-state index contributed by atoms with van der Waals surface area (Å²) in [5.74, 6) is -0.504. The van der Waals surface area contributed by atoms with E-state index in [1.54, 1.807) is 6.08 Å². The summed E-state index contributed by atoms with van der Waals surface area (Å²) >= 11 is 0. The number of nitrogens with zero attached hydrogens (tertiary/aromatic N) is 1. The molecule has 4 heteroatoms. The van der Waals surface area contributed by atoms with Gasteiger partial charge in [-0.2, -0.15) is 0 Å². The van der Waals surface area contributed by atoms with Crippen LogP contribution in [0.3, 0.4) is 0 Å². The normalized spacial score (nSPS) is 17.6. The number of rotatable bonds is 7. The van der Waals surface area contributed by atoms with Gasteiger partial charge in [-0.15, -0.1) is 6.58 Å². The summed E-state index contributed by atoms with van der Waals surface area (Å²) in [6.07, 6.45) is 2.89. The van der Waals surface area contributed by atoms with Crippen molar-refractivity contribution in [1.82, 2.24) is 4.90 Å². The van der Waals surface area contributed by atoms with E-state index in [2.05, 4.69) is 6.58 Å². The number of benzene rings is 2. The lowest BCUT2D eigenvalue weighted by Gasteiger charge is -2.24. The van der Waals surface area contributed by atoms with E-state index in [0.717, 1.165) is 11.1 Å². The zero-order valence-electron chi connectivity index (χ0n) is 14.7. The van der Waals surface area contributed by atoms with Gasteiger partial charge in [0.25, 0.3) is 0 Å². The minimum Gasteiger partial charge on any atom is -0.447 e. The van der Waals surface area contributed by atoms with Crippen LogP contribution >= 0.6 is 0 Å². The summed E-state index contributed by atoms with van der Waals surface area (Å²) in [7, 11) is 0. The van der Waals surface area contributed by atoms with E-state index in [0.29, 0.717) is 19.3 Å². The molecule has 0 bridgehead atoms. The van der Waals surface area contributed by atoms with Crippen molar-refractivity contribution in [2.45, 2.75) is 25.3 Å². The molecule has 1 aliphatic rings. The summed E-state index contributed by atoms with van der Waals surface area (Å²) in [5, 5.41) is 0. The van der Waals surface area contributed by atoms with Gasteiger partial charge in [-0.1, -0.05) is 66.7 Å². The smallest absolute Gasteiger partial charge is 0.416 e. The first-order chi connectivity index (χ1) is 12.7. The third-order valence-electron chi connectivity index (χ3n) is 4.64. The van der Waals surface area contributed by atoms with Gasteiger partial charge in [0.1, 0.15) is 6.61 Å². The molecule has 2 aromatic rings. The Hall–Kier alpha value is -2.88. The Kier molecular flexibility index (Phi) is 5.84. The van der Waals surface area contributed by atoms with E-state index in [9.17, 15) is 9.59 Å². The highest BCUT2D eigenvalue weighted by atomic mass is 16.6. The van der Waals surface area contributed by atoms with Crippen LogP contribution in [0.1, 0.15) is 17.5 Å². The number of carbonyl (C=O) groups is 2. The SMILES string of the molecule is C=CC[C@H](Cc1ccccc1)C(=O)N1C(=O)OC[C@H]1Cc1ccccc1. The van der Waals surface area contributed by atoms with Crippen molar-refractivity contribution in [2.75, 3.05) is 6.61 Å². The highest BCUT2D eigenvalue weighted by Crippen LogP contribution is 2.23. The van der Waals surface area contributed by atoms with Crippen LogP contribution in [-0.2, 0) is 22.4 Å². The van der Waals surface area contributed by atoms with Crippen molar-refractivity contribution in [2.24, 2.45) is 5.92 Å². The van der Waals surface area contributed by atoms with Crippen molar-refractivity contribution < 1.29 is 14.3 Å². The first kappa shape index (κ1) is 17.9. The first-order valence-corrected chi connectivity index (χ1v) is 8.87. The second-order valence-electron chi connectivity index (χ2n) is 6.54. The molecule has 0 spiro atoms. The van der Waals surface area contributed by atoms with Gasteiger partial charge >= 0.3 is 6.09 Å². The number of imide groups is 1. The van der Waals surface area contributed by atoms with Crippen LogP contribution < -0.4 is 0 Å². The number of hydrogen-bond donors (Lipinski definition) is 0. The summed E-state index contributed by atoms with van der Waals surface area (Å²) in [6, 6.07) is 19.4. The molecule has 0 unspecified atom stereocenters. The monoisotopic (exact) mass is 349 g/mol. The van der Waals surface area contributed by atoms with Gasteiger partial charge in [0, 0.05) is 5.92 Å². The molecule has 1 aliphatic heterocycles. The zero-order chi connectivity index (χ0) is 18.4. The fraction of sp³-hybridized carbons (Fsp3) is 0.273. The minimum atomic E-state index is -0.543. The highest BCUT2D eigenvalue weighted by Gasteiger charge is 2.40. The number of hydrogen-bond acceptors (Lipinski definition) is 3. The molecule has 0 aliphatic carbocycles. The van der Waals surface area contributed by atoms with E-state index in [1.807, 2.05) is 60.7 Å². The van der Waals surface area contributed by atoms with E-state index < -0.39 is 6.09 Å². The van der Waals surface area contributed by atoms with Crippen LogP contribution in [0.2, 0.25) is 0 Å². The molecule has 2 atom stereocenters. The van der Waals surface area contributed by atoms with Gasteiger partial charge in [0.05, 0.1) is 6.04 Å². The fourth-order valence-electron chi connectivity index (χ4n) is 3.33. The lowest BCUT2D eigenvalue weighted by atomic mass is 9.94. The van der Waals surface area contributed by atoms with E-state index >= 15 is 0 Å². The second-order valence-corrected chi connectivity index (χ2v) is 6.54. The number of carbonyl (C=O) groups excluding carboxylic acids is 2. The predicted molar refractivity (Wildman–Crippen MR) is 101 cm³/mol. The lowest BCUT2D eigenvalue weighted by Crippen LogP contribution is -2.44. The number of amides is 2. The maximum absolute atomic E-state index is 13.1. The van der Waals surface area contributed by atoms with E-state index in [-0.39, 0.29) is 24.5 Å². The van der Waals surface area contributed by atoms with Crippen molar-refractivity contribution >= 4 is 12.0 Å². The van der Waals surface area contributed by atoms with Crippen LogP contribution in [0.4, 0.5) is 4.79 Å². The van der Waals surface area contributed by atoms with Crippen LogP contribution in [0.25, 0.3) is 0 Å². The van der Waals surface area contributed by atoms with Crippen LogP contribution in [0.15, 0.2) is 73.3 Å². The minimum absolute atomic E-state index is 0.183. The van der Waals surface area contributed by atoms with Crippen molar-refractivity contribution in [3.05, 3.63) is 84.4 Å². The van der Waals surface area contributed by atoms with Gasteiger partial charge in [-0.05, 0) is 30.4 Å². The van der Waals surface area contributed by atoms with Gasteiger partial charge in [-0.3, -0.25) is 4.79 Å². The largest absolute Gasteiger partial charge is 0.447 e. The third kappa shape index (κ3) is 4.20. The van der Waals surface area contributed by atoms with Gasteiger partial charge < -0.3 is 4.74 Å². The van der Waals surface area contributed by atoms with Crippen LogP contribution in [0, 0.1) is 5.92 Å². The standard InChI is InChI=1S/C22H23NO3/c1-2-9-19(14-17-10-5-3-6-11-17)21(24)23-20(16-26-22(23)25)15-18-12-7-4-8-13-18/h2-8,10-13,19-20H,1,9,14-16H2/t19-,20-/m1/s1. The molecule has 0 saturated carbocycles. The topological polar surface area (TPSA) is 46.6 Å². The van der Waals surface area contributed by atoms with Gasteiger partial charge in [-0.25, -0.2) is 9.69 Å². The molecular formula is C22H23NO3. The molecule has 134 valence electrons. The average Bonchev–Trinajstić information content (AvgIpc) is 3.02. The molecule has 3 rings (SSSR count). The quantitative estimate of drug-likeness (QED) is 0.710. The number of ether oxygens (including phenoxy) is 1. The van der Waals surface area contributed by atoms with Gasteiger partial charge in [0.2, 0.25) is 5.91 Å². The molecule has 0 radical (unpaired) electrons. The Labute approximate surface area is 154 Å². The van der Waals surface area contributed by atoms with Crippen molar-refractivity contribution in [1.29, 1.82) is 0 Å². The molecule has 1 heterocycles. The number of allylic oxidation sites excluding steroid dienone is 1. The molecule has 4 nitrogen and oxygen atoms in total. The molecule has 0 aromatic heterocycles. The molecule has 0 N–H and O–H groups in total. The van der Waals surface area contributed by atoms with Crippen LogP contribution in [-0.4, -0.2) is 29.5 Å². The molecular weight excluding hydrogens is 326 g/mol. The second kappa shape index (κ2) is 8.48. The Morgan fingerprint density at radius 1 is 1.12 bits per heavy atom. The molecule has 26 heavy (non-hydrogen) atoms. The van der Waals surface area contributed by atoms with E-state index in [4.69, 9.17) is 4.74 Å². The number of cyclic esters (lactones) is 1. The third-order valence-corrected chi connectivity index (χ3v) is 4.64. The summed E-state index contributed by atoms with van der Waals surface area (Å²) in [4.78, 5) is 26.7. The Balaban J connectivity index is 1.77. The Morgan fingerprint density at radius 3 is 2.35 bits per heavy atom. The maximum Gasteiger partial charge on any atom is 0.416 e. The molecule has 1 fully saturated rings. The van der Waals surface area contributed by atoms with E-state index in [1.165, 1.54) is 4.90 Å². The molecule has 2 aromatic carbocycles. The first-order valence-electron chi connectivity index (χ1n) is 8.87. The maximum atomic E-state index is 13.1. The summed E-state index contributed by atoms with van der Waals surface area (Å²) < 4.78 is 5.19. The summed E-state index contributed by atoms with van der Waals surface area (Å²) in [5.41, 5.74) is 2.15. The van der Waals surface area contributed by atoms with Crippen molar-refractivity contribution in [3.8, 4) is 0 Å². The fourth-order valence-corrected chi connectivity index (χ4v) is 3.33. The average molecular weight is 349 g/mol. The Bertz CT molecular complexity index is 757. The zero-order valence-corrected chi connectivity index (χ0v) is 14.7. The summed E-state index contributed by atoms with van der Waals surface area (Å²) in [6.45, 7) is 4.01. The highest BCUT2D eigenvalue weighted by molar-refractivity contribution is 5.95. The predicted octanol–water partition coefficient (Wildman–Crippen LogP) is 4.01. The van der Waals surface area contributed by atoms with Crippen LogP contribution in [0.5, 0.6) is 0 Å². The molecule has 2 amide bonds. The molecule has 1 saturated heterocycles. The lowest BCUT2D eigenvalue weighted by molar-refractivity contribution is -0.133. The van der Waals surface area contributed by atoms with Gasteiger partial charge in [0.15, 0.2) is 0 Å². The van der Waals surface area contributed by atoms with Crippen molar-refractivity contribution in [3.63, 3.8) is 0 Å².